The highest BCUT2D eigenvalue weighted by Crippen LogP contribution is 2.38. The van der Waals surface area contributed by atoms with E-state index in [1.165, 1.54) is 12.1 Å². The maximum atomic E-state index is 13.3. The zero-order valence-electron chi connectivity index (χ0n) is 15.6. The lowest BCUT2D eigenvalue weighted by molar-refractivity contribution is -0.383. The van der Waals surface area contributed by atoms with Crippen molar-refractivity contribution < 1.29 is 27.6 Å². The van der Waals surface area contributed by atoms with Gasteiger partial charge in [0, 0.05) is 6.54 Å². The Morgan fingerprint density at radius 2 is 1.81 bits per heavy atom. The minimum absolute atomic E-state index is 0.109. The highest BCUT2D eigenvalue weighted by Gasteiger charge is 2.34. The topological polar surface area (TPSA) is 111 Å². The lowest BCUT2D eigenvalue weighted by Crippen LogP contribution is -2.11. The van der Waals surface area contributed by atoms with Crippen molar-refractivity contribution in [2.75, 3.05) is 17.4 Å². The molecular weight excluding hydrogens is 419 g/mol. The highest BCUT2D eigenvalue weighted by atomic mass is 19.4. The molecule has 1 aromatic heterocycles. The van der Waals surface area contributed by atoms with Crippen LogP contribution in [0, 0.1) is 10.1 Å². The molecule has 0 spiro atoms. The summed E-state index contributed by atoms with van der Waals surface area (Å²) >= 11 is 0. The van der Waals surface area contributed by atoms with Crippen LogP contribution in [0.5, 0.6) is 11.5 Å². The van der Waals surface area contributed by atoms with Crippen LogP contribution in [0.1, 0.15) is 11.1 Å². The molecule has 9 nitrogen and oxygen atoms in total. The Hall–Kier alpha value is -4.09. The van der Waals surface area contributed by atoms with Gasteiger partial charge in [-0.3, -0.25) is 10.1 Å². The molecule has 2 aromatic carbocycles. The van der Waals surface area contributed by atoms with Gasteiger partial charge in [0.15, 0.2) is 11.5 Å². The molecule has 31 heavy (non-hydrogen) atoms. The van der Waals surface area contributed by atoms with Gasteiger partial charge in [-0.25, -0.2) is 9.97 Å². The van der Waals surface area contributed by atoms with E-state index < -0.39 is 22.4 Å². The van der Waals surface area contributed by atoms with Crippen LogP contribution in [-0.2, 0) is 12.7 Å². The second-order valence-corrected chi connectivity index (χ2v) is 6.39. The fourth-order valence-corrected chi connectivity index (χ4v) is 2.98. The summed E-state index contributed by atoms with van der Waals surface area (Å²) in [6.07, 6.45) is -3.63. The molecule has 0 atom stereocenters. The van der Waals surface area contributed by atoms with Crippen LogP contribution in [0.4, 0.5) is 36.2 Å². The number of hydrogen-bond acceptors (Lipinski definition) is 8. The third-order valence-corrected chi connectivity index (χ3v) is 4.39. The van der Waals surface area contributed by atoms with Gasteiger partial charge in [0.25, 0.3) is 0 Å². The van der Waals surface area contributed by atoms with Crippen LogP contribution in [0.15, 0.2) is 48.8 Å². The van der Waals surface area contributed by atoms with E-state index in [1.807, 2.05) is 0 Å². The van der Waals surface area contributed by atoms with E-state index in [2.05, 4.69) is 20.6 Å². The first-order valence-electron chi connectivity index (χ1n) is 8.88. The van der Waals surface area contributed by atoms with Crippen LogP contribution >= 0.6 is 0 Å². The molecule has 1 aliphatic heterocycles. The zero-order chi connectivity index (χ0) is 22.0. The number of alkyl halides is 3. The first-order valence-corrected chi connectivity index (χ1v) is 8.88. The van der Waals surface area contributed by atoms with Gasteiger partial charge < -0.3 is 20.1 Å². The number of benzene rings is 2. The summed E-state index contributed by atoms with van der Waals surface area (Å²) in [6, 6.07) is 9.79. The minimum Gasteiger partial charge on any atom is -0.454 e. The van der Waals surface area contributed by atoms with Crippen LogP contribution in [0.2, 0.25) is 0 Å². The fraction of sp³-hybridized carbons (Fsp3) is 0.158. The summed E-state index contributed by atoms with van der Waals surface area (Å²) in [5.41, 5.74) is -1.19. The SMILES string of the molecule is O=[N+]([O-])c1c(NCc2ccc3c(c2)OCO3)ncnc1Nc1ccccc1C(F)(F)F. The summed E-state index contributed by atoms with van der Waals surface area (Å²) in [5, 5.41) is 16.9. The maximum absolute atomic E-state index is 13.3. The molecular formula is C19H14F3N5O4. The average molecular weight is 433 g/mol. The molecule has 4 rings (SSSR count). The molecule has 0 fully saturated rings. The predicted octanol–water partition coefficient (Wildman–Crippen LogP) is 4.49. The largest absolute Gasteiger partial charge is 0.454 e. The van der Waals surface area contributed by atoms with Crippen LogP contribution in [-0.4, -0.2) is 21.7 Å². The minimum atomic E-state index is -4.65. The number of hydrogen-bond donors (Lipinski definition) is 2. The number of halogens is 3. The summed E-state index contributed by atoms with van der Waals surface area (Å²) in [5.74, 6) is 0.615. The van der Waals surface area contributed by atoms with Crippen molar-refractivity contribution >= 4 is 23.0 Å². The summed E-state index contributed by atoms with van der Waals surface area (Å²) < 4.78 is 50.3. The highest BCUT2D eigenvalue weighted by molar-refractivity contribution is 5.75. The van der Waals surface area contributed by atoms with E-state index >= 15 is 0 Å². The number of fused-ring (bicyclic) bond motifs is 1. The predicted molar refractivity (Wildman–Crippen MR) is 103 cm³/mol. The molecule has 0 bridgehead atoms. The molecule has 160 valence electrons. The van der Waals surface area contributed by atoms with Crippen molar-refractivity contribution in [1.29, 1.82) is 0 Å². The Kier molecular flexibility index (Phi) is 5.19. The van der Waals surface area contributed by atoms with Crippen molar-refractivity contribution in [3.8, 4) is 11.5 Å². The normalized spacial score (nSPS) is 12.5. The molecule has 0 unspecified atom stereocenters. The number of para-hydroxylation sites is 1. The van der Waals surface area contributed by atoms with Gasteiger partial charge >= 0.3 is 11.9 Å². The summed E-state index contributed by atoms with van der Waals surface area (Å²) in [4.78, 5) is 18.6. The van der Waals surface area contributed by atoms with Crippen LogP contribution in [0.25, 0.3) is 0 Å². The quantitative estimate of drug-likeness (QED) is 0.432. The average Bonchev–Trinajstić information content (AvgIpc) is 3.19. The lowest BCUT2D eigenvalue weighted by atomic mass is 10.1. The number of anilines is 3. The molecule has 0 radical (unpaired) electrons. The number of nitrogens with zero attached hydrogens (tertiary/aromatic N) is 3. The van der Waals surface area contributed by atoms with Crippen molar-refractivity contribution in [3.05, 3.63) is 70.0 Å². The number of nitrogens with one attached hydrogen (secondary N) is 2. The van der Waals surface area contributed by atoms with E-state index in [-0.39, 0.29) is 30.7 Å². The molecule has 2 heterocycles. The number of ether oxygens (including phenoxy) is 2. The monoisotopic (exact) mass is 433 g/mol. The van der Waals surface area contributed by atoms with Gasteiger partial charge in [0.2, 0.25) is 18.4 Å². The Labute approximate surface area is 173 Å². The second-order valence-electron chi connectivity index (χ2n) is 6.39. The molecule has 0 amide bonds. The third-order valence-electron chi connectivity index (χ3n) is 4.39. The Balaban J connectivity index is 1.61. The molecule has 2 N–H and O–H groups in total. The molecule has 0 aliphatic carbocycles. The second kappa shape index (κ2) is 7.97. The van der Waals surface area contributed by atoms with E-state index in [0.717, 1.165) is 24.0 Å². The first-order chi connectivity index (χ1) is 14.8. The van der Waals surface area contributed by atoms with Crippen molar-refractivity contribution in [3.63, 3.8) is 0 Å². The van der Waals surface area contributed by atoms with Crippen molar-refractivity contribution in [2.45, 2.75) is 12.7 Å². The third kappa shape index (κ3) is 4.27. The van der Waals surface area contributed by atoms with E-state index in [9.17, 15) is 23.3 Å². The Bertz CT molecular complexity index is 1140. The smallest absolute Gasteiger partial charge is 0.418 e. The van der Waals surface area contributed by atoms with Gasteiger partial charge in [-0.05, 0) is 29.8 Å². The van der Waals surface area contributed by atoms with Crippen LogP contribution in [0.3, 0.4) is 0 Å². The number of rotatable bonds is 6. The van der Waals surface area contributed by atoms with Crippen LogP contribution < -0.4 is 20.1 Å². The molecule has 0 saturated heterocycles. The van der Waals surface area contributed by atoms with Crippen molar-refractivity contribution in [1.82, 2.24) is 9.97 Å². The molecule has 0 saturated carbocycles. The number of nitro groups is 1. The standard InChI is InChI=1S/C19H14F3N5O4/c20-19(21,22)12-3-1-2-4-13(12)26-18-16(27(28)29)17(24-9-25-18)23-8-11-5-6-14-15(7-11)31-10-30-14/h1-7,9H,8,10H2,(H2,23,24,25,26). The maximum Gasteiger partial charge on any atom is 0.418 e. The Morgan fingerprint density at radius 3 is 2.58 bits per heavy atom. The Morgan fingerprint density at radius 1 is 1.06 bits per heavy atom. The van der Waals surface area contributed by atoms with Gasteiger partial charge in [-0.15, -0.1) is 0 Å². The molecule has 1 aliphatic rings. The van der Waals surface area contributed by atoms with E-state index in [4.69, 9.17) is 9.47 Å². The summed E-state index contributed by atoms with van der Waals surface area (Å²) in [6.45, 7) is 0.255. The van der Waals surface area contributed by atoms with Gasteiger partial charge in [-0.2, -0.15) is 13.2 Å². The zero-order valence-corrected chi connectivity index (χ0v) is 15.6. The van der Waals surface area contributed by atoms with Crippen molar-refractivity contribution in [2.24, 2.45) is 0 Å². The first kappa shape index (κ1) is 20.2. The summed E-state index contributed by atoms with van der Waals surface area (Å²) in [7, 11) is 0. The fourth-order valence-electron chi connectivity index (χ4n) is 2.98. The molecule has 12 heteroatoms. The number of aromatic nitrogens is 2. The van der Waals surface area contributed by atoms with E-state index in [1.54, 1.807) is 18.2 Å². The van der Waals surface area contributed by atoms with E-state index in [0.29, 0.717) is 11.5 Å². The van der Waals surface area contributed by atoms with Gasteiger partial charge in [-0.1, -0.05) is 18.2 Å². The lowest BCUT2D eigenvalue weighted by Gasteiger charge is -2.14. The molecule has 3 aromatic rings. The van der Waals surface area contributed by atoms with Gasteiger partial charge in [0.05, 0.1) is 16.2 Å². The van der Waals surface area contributed by atoms with Gasteiger partial charge in [0.1, 0.15) is 6.33 Å².